The van der Waals surface area contributed by atoms with Gasteiger partial charge in [-0.25, -0.2) is 4.79 Å². The average Bonchev–Trinajstić information content (AvgIpc) is 3.21. The summed E-state index contributed by atoms with van der Waals surface area (Å²) in [5.74, 6) is -0.328. The van der Waals surface area contributed by atoms with Gasteiger partial charge in [0.1, 0.15) is 5.54 Å². The number of likely N-dealkylation sites (tertiary alicyclic amines) is 1. The smallest absolute Gasteiger partial charge is 0.407 e. The van der Waals surface area contributed by atoms with Gasteiger partial charge in [0.25, 0.3) is 5.91 Å². The Kier molecular flexibility index (Phi) is 6.01. The standard InChI is InChI=1S/C22H22F3N5O3/c23-22(24,25)18-11-16(6-5-15(18)12-26)28-19(31)21(7-4-8-21)30-14-17(13-27-30)33-20(32)29-9-2-1-3-10-29/h5-6,11,13-14H,1-4,7-10H2,(H,28,31). The number of amides is 2. The van der Waals surface area contributed by atoms with E-state index in [1.54, 1.807) is 4.90 Å². The van der Waals surface area contributed by atoms with Crippen LogP contribution < -0.4 is 10.1 Å². The molecule has 0 spiro atoms. The van der Waals surface area contributed by atoms with Crippen molar-refractivity contribution in [3.8, 4) is 11.8 Å². The van der Waals surface area contributed by atoms with E-state index >= 15 is 0 Å². The maximum atomic E-state index is 13.2. The summed E-state index contributed by atoms with van der Waals surface area (Å²) in [6, 6.07) is 4.54. The lowest BCUT2D eigenvalue weighted by Gasteiger charge is -2.40. The second-order valence-electron chi connectivity index (χ2n) is 8.25. The zero-order chi connectivity index (χ0) is 23.6. The fraction of sp³-hybridized carbons (Fsp3) is 0.455. The van der Waals surface area contributed by atoms with Crippen LogP contribution in [0.3, 0.4) is 0 Å². The van der Waals surface area contributed by atoms with E-state index < -0.39 is 34.8 Å². The number of carbonyl (C=O) groups excluding carboxylic acids is 2. The number of nitriles is 1. The third kappa shape index (κ3) is 4.51. The lowest BCUT2D eigenvalue weighted by molar-refractivity contribution is -0.137. The van der Waals surface area contributed by atoms with Crippen LogP contribution in [-0.2, 0) is 16.5 Å². The Morgan fingerprint density at radius 1 is 1.15 bits per heavy atom. The highest BCUT2D eigenvalue weighted by Gasteiger charge is 2.47. The fourth-order valence-electron chi connectivity index (χ4n) is 4.11. The monoisotopic (exact) mass is 461 g/mol. The van der Waals surface area contributed by atoms with Crippen molar-refractivity contribution in [2.75, 3.05) is 18.4 Å². The van der Waals surface area contributed by atoms with Crippen LogP contribution in [0.2, 0.25) is 0 Å². The number of hydrogen-bond donors (Lipinski definition) is 1. The second-order valence-corrected chi connectivity index (χ2v) is 8.25. The number of rotatable bonds is 4. The van der Waals surface area contributed by atoms with Crippen LogP contribution >= 0.6 is 0 Å². The summed E-state index contributed by atoms with van der Waals surface area (Å²) in [6.45, 7) is 1.26. The number of carbonyl (C=O) groups is 2. The van der Waals surface area contributed by atoms with Crippen molar-refractivity contribution < 1.29 is 27.5 Å². The quantitative estimate of drug-likeness (QED) is 0.733. The molecule has 11 heteroatoms. The van der Waals surface area contributed by atoms with Crippen molar-refractivity contribution in [1.29, 1.82) is 5.26 Å². The molecule has 1 aliphatic carbocycles. The number of halogens is 3. The van der Waals surface area contributed by atoms with Gasteiger partial charge in [-0.1, -0.05) is 0 Å². The van der Waals surface area contributed by atoms with Gasteiger partial charge in [-0.15, -0.1) is 0 Å². The largest absolute Gasteiger partial charge is 0.417 e. The molecule has 0 bridgehead atoms. The van der Waals surface area contributed by atoms with Crippen LogP contribution in [0.4, 0.5) is 23.7 Å². The number of aromatic nitrogens is 2. The Hall–Kier alpha value is -3.55. The molecule has 1 N–H and O–H groups in total. The zero-order valence-electron chi connectivity index (χ0n) is 17.7. The van der Waals surface area contributed by atoms with Crippen molar-refractivity contribution in [2.24, 2.45) is 0 Å². The molecule has 4 rings (SSSR count). The minimum atomic E-state index is -4.73. The predicted molar refractivity (Wildman–Crippen MR) is 110 cm³/mol. The van der Waals surface area contributed by atoms with Gasteiger partial charge < -0.3 is 15.0 Å². The number of nitrogens with one attached hydrogen (secondary N) is 1. The Bertz CT molecular complexity index is 1100. The Balaban J connectivity index is 1.50. The molecule has 8 nitrogen and oxygen atoms in total. The van der Waals surface area contributed by atoms with Crippen LogP contribution in [0.15, 0.2) is 30.6 Å². The van der Waals surface area contributed by atoms with Crippen molar-refractivity contribution >= 4 is 17.7 Å². The molecule has 1 aromatic heterocycles. The average molecular weight is 461 g/mol. The third-order valence-corrected chi connectivity index (χ3v) is 6.12. The van der Waals surface area contributed by atoms with Crippen LogP contribution in [-0.4, -0.2) is 39.8 Å². The number of ether oxygens (including phenoxy) is 1. The van der Waals surface area contributed by atoms with Gasteiger partial charge in [0.2, 0.25) is 0 Å². The lowest BCUT2D eigenvalue weighted by Crippen LogP contribution is -2.51. The van der Waals surface area contributed by atoms with Crippen LogP contribution in [0, 0.1) is 11.3 Å². The van der Waals surface area contributed by atoms with Gasteiger partial charge in [-0.05, 0) is 56.7 Å². The maximum Gasteiger partial charge on any atom is 0.417 e. The SMILES string of the molecule is N#Cc1ccc(NC(=O)C2(n3cc(OC(=O)N4CCCCC4)cn3)CCC2)cc1C(F)(F)F. The molecule has 2 fully saturated rings. The number of alkyl halides is 3. The van der Waals surface area contributed by atoms with Crippen LogP contribution in [0.1, 0.15) is 49.7 Å². The zero-order valence-corrected chi connectivity index (χ0v) is 17.7. The van der Waals surface area contributed by atoms with Gasteiger partial charge in [0.15, 0.2) is 5.75 Å². The Morgan fingerprint density at radius 3 is 2.48 bits per heavy atom. The normalized spacial score (nSPS) is 17.6. The van der Waals surface area contributed by atoms with Gasteiger partial charge in [-0.3, -0.25) is 9.48 Å². The van der Waals surface area contributed by atoms with Gasteiger partial charge in [0.05, 0.1) is 29.6 Å². The third-order valence-electron chi connectivity index (χ3n) is 6.12. The summed E-state index contributed by atoms with van der Waals surface area (Å²) in [4.78, 5) is 27.0. The summed E-state index contributed by atoms with van der Waals surface area (Å²) in [6.07, 6.45) is 2.12. The first-order valence-electron chi connectivity index (χ1n) is 10.7. The van der Waals surface area contributed by atoms with Crippen LogP contribution in [0.25, 0.3) is 0 Å². The molecule has 33 heavy (non-hydrogen) atoms. The van der Waals surface area contributed by atoms with Crippen molar-refractivity contribution in [3.05, 3.63) is 41.7 Å². The van der Waals surface area contributed by atoms with E-state index in [0.29, 0.717) is 25.9 Å². The Labute approximate surface area is 187 Å². The Morgan fingerprint density at radius 2 is 1.88 bits per heavy atom. The highest BCUT2D eigenvalue weighted by Crippen LogP contribution is 2.41. The molecule has 2 aliphatic rings. The van der Waals surface area contributed by atoms with E-state index in [1.807, 2.05) is 0 Å². The molecule has 0 radical (unpaired) electrons. The number of hydrogen-bond acceptors (Lipinski definition) is 5. The number of anilines is 1. The summed E-state index contributed by atoms with van der Waals surface area (Å²) in [7, 11) is 0. The minimum Gasteiger partial charge on any atom is -0.407 e. The molecule has 2 amide bonds. The van der Waals surface area contributed by atoms with Crippen molar-refractivity contribution in [2.45, 2.75) is 50.2 Å². The highest BCUT2D eigenvalue weighted by atomic mass is 19.4. The molecule has 0 atom stereocenters. The topological polar surface area (TPSA) is 100 Å². The molecule has 1 saturated carbocycles. The molecule has 174 valence electrons. The molecule has 2 heterocycles. The molecular weight excluding hydrogens is 439 g/mol. The first-order chi connectivity index (χ1) is 15.7. The van der Waals surface area contributed by atoms with Gasteiger partial charge in [-0.2, -0.15) is 23.5 Å². The molecule has 1 aromatic carbocycles. The maximum absolute atomic E-state index is 13.2. The summed E-state index contributed by atoms with van der Waals surface area (Å²) in [5, 5.41) is 15.7. The van der Waals surface area contributed by atoms with E-state index in [4.69, 9.17) is 10.00 Å². The predicted octanol–water partition coefficient (Wildman–Crippen LogP) is 4.28. The number of piperidine rings is 1. The van der Waals surface area contributed by atoms with E-state index in [0.717, 1.165) is 37.8 Å². The summed E-state index contributed by atoms with van der Waals surface area (Å²) >= 11 is 0. The first kappa shape index (κ1) is 22.6. The first-order valence-corrected chi connectivity index (χ1v) is 10.7. The number of benzene rings is 1. The van der Waals surface area contributed by atoms with Crippen molar-refractivity contribution in [3.63, 3.8) is 0 Å². The summed E-state index contributed by atoms with van der Waals surface area (Å²) < 4.78 is 46.5. The fourth-order valence-corrected chi connectivity index (χ4v) is 4.11. The van der Waals surface area contributed by atoms with Crippen molar-refractivity contribution in [1.82, 2.24) is 14.7 Å². The molecule has 1 saturated heterocycles. The minimum absolute atomic E-state index is 0.0681. The van der Waals surface area contributed by atoms with E-state index in [2.05, 4.69) is 10.4 Å². The molecule has 2 aromatic rings. The number of nitrogens with zero attached hydrogens (tertiary/aromatic N) is 4. The van der Waals surface area contributed by atoms with Crippen LogP contribution in [0.5, 0.6) is 5.75 Å². The highest BCUT2D eigenvalue weighted by molar-refractivity contribution is 5.97. The second kappa shape index (κ2) is 8.77. The van der Waals surface area contributed by atoms with E-state index in [1.165, 1.54) is 29.2 Å². The summed E-state index contributed by atoms with van der Waals surface area (Å²) in [5.41, 5.74) is -2.80. The van der Waals surface area contributed by atoms with E-state index in [9.17, 15) is 22.8 Å². The molecule has 1 aliphatic heterocycles. The van der Waals surface area contributed by atoms with Gasteiger partial charge in [0, 0.05) is 18.8 Å². The van der Waals surface area contributed by atoms with E-state index in [-0.39, 0.29) is 11.4 Å². The van der Waals surface area contributed by atoms with Gasteiger partial charge >= 0.3 is 12.3 Å². The molecule has 0 unspecified atom stereocenters. The molecular formula is C22H22F3N5O3. The lowest BCUT2D eigenvalue weighted by atomic mass is 9.76.